The van der Waals surface area contributed by atoms with Gasteiger partial charge in [-0.25, -0.2) is 9.59 Å². The number of ether oxygens (including phenoxy) is 1. The van der Waals surface area contributed by atoms with E-state index in [9.17, 15) is 14.7 Å². The largest absolute Gasteiger partial charge is 0.479 e. The fraction of sp³-hybridized carbons (Fsp3) is 0.867. The molecule has 0 aromatic carbocycles. The maximum atomic E-state index is 12.1. The lowest BCUT2D eigenvalue weighted by Gasteiger charge is -2.30. The molecule has 5 atom stereocenters. The van der Waals surface area contributed by atoms with Crippen LogP contribution in [0.2, 0.25) is 0 Å². The highest BCUT2D eigenvalue weighted by atomic mass is 16.5. The maximum absolute atomic E-state index is 12.1. The molecule has 2 saturated carbocycles. The Kier molecular flexibility index (Phi) is 3.82. The van der Waals surface area contributed by atoms with E-state index in [2.05, 4.69) is 10.6 Å². The van der Waals surface area contributed by atoms with Crippen LogP contribution in [0.25, 0.3) is 0 Å². The number of hydrogen-bond acceptors (Lipinski definition) is 3. The van der Waals surface area contributed by atoms with Crippen molar-refractivity contribution in [1.29, 1.82) is 0 Å². The fourth-order valence-corrected chi connectivity index (χ4v) is 4.36. The van der Waals surface area contributed by atoms with Gasteiger partial charge in [0.05, 0.1) is 6.61 Å². The van der Waals surface area contributed by atoms with E-state index >= 15 is 0 Å². The first-order valence-electron chi connectivity index (χ1n) is 7.90. The number of carboxylic acid groups (broad SMARTS) is 1. The first kappa shape index (κ1) is 14.6. The summed E-state index contributed by atoms with van der Waals surface area (Å²) in [5, 5.41) is 14.9. The third kappa shape index (κ3) is 2.73. The fourth-order valence-electron chi connectivity index (χ4n) is 4.36. The van der Waals surface area contributed by atoms with Gasteiger partial charge in [0.2, 0.25) is 0 Å². The molecule has 0 radical (unpaired) electrons. The highest BCUT2D eigenvalue weighted by Crippen LogP contribution is 2.49. The summed E-state index contributed by atoms with van der Waals surface area (Å²) in [7, 11) is 0. The number of hydrogen-bond donors (Lipinski definition) is 3. The Morgan fingerprint density at radius 2 is 2.14 bits per heavy atom. The van der Waals surface area contributed by atoms with Crippen molar-refractivity contribution in [2.24, 2.45) is 17.8 Å². The van der Waals surface area contributed by atoms with E-state index in [1.165, 1.54) is 25.7 Å². The van der Waals surface area contributed by atoms with Crippen molar-refractivity contribution in [2.45, 2.75) is 50.6 Å². The number of amides is 2. The van der Waals surface area contributed by atoms with Gasteiger partial charge >= 0.3 is 12.0 Å². The molecule has 3 fully saturated rings. The smallest absolute Gasteiger partial charge is 0.332 e. The van der Waals surface area contributed by atoms with Crippen molar-refractivity contribution in [1.82, 2.24) is 10.6 Å². The minimum absolute atomic E-state index is 0.0399. The van der Waals surface area contributed by atoms with Gasteiger partial charge in [-0.05, 0) is 43.9 Å². The summed E-state index contributed by atoms with van der Waals surface area (Å²) in [6, 6.07) is -0.299. The summed E-state index contributed by atoms with van der Waals surface area (Å²) in [4.78, 5) is 23.5. The van der Waals surface area contributed by atoms with Crippen LogP contribution in [0, 0.1) is 17.8 Å². The molecule has 3 aliphatic rings. The maximum Gasteiger partial charge on any atom is 0.332 e. The Labute approximate surface area is 124 Å². The van der Waals surface area contributed by atoms with Gasteiger partial charge in [0.1, 0.15) is 0 Å². The van der Waals surface area contributed by atoms with Crippen molar-refractivity contribution >= 4 is 12.0 Å². The van der Waals surface area contributed by atoms with E-state index in [1.54, 1.807) is 0 Å². The average molecular weight is 296 g/mol. The summed E-state index contributed by atoms with van der Waals surface area (Å²) in [5.74, 6) is 1.08. The first-order valence-corrected chi connectivity index (χ1v) is 7.90. The number of nitrogens with one attached hydrogen (secondary N) is 2. The lowest BCUT2D eigenvalue weighted by atomic mass is 9.84. The first-order chi connectivity index (χ1) is 10.00. The molecule has 21 heavy (non-hydrogen) atoms. The van der Waals surface area contributed by atoms with Crippen LogP contribution >= 0.6 is 0 Å². The Balaban J connectivity index is 1.55. The third-order valence-corrected chi connectivity index (χ3v) is 5.58. The van der Waals surface area contributed by atoms with Gasteiger partial charge in [-0.15, -0.1) is 0 Å². The van der Waals surface area contributed by atoms with Crippen LogP contribution in [-0.2, 0) is 9.53 Å². The lowest BCUT2D eigenvalue weighted by Crippen LogP contribution is -2.59. The van der Waals surface area contributed by atoms with E-state index in [0.717, 1.165) is 11.8 Å². The highest BCUT2D eigenvalue weighted by molar-refractivity contribution is 5.86. The topological polar surface area (TPSA) is 87.7 Å². The standard InChI is InChI=1S/C15H24N2O4/c1-9(12-7-10-2-3-11(12)6-10)16-14(20)17-15(13(18)19)4-5-21-8-15/h9-12H,2-8H2,1H3,(H,18,19)(H2,16,17,20). The lowest BCUT2D eigenvalue weighted by molar-refractivity contribution is -0.144. The number of rotatable bonds is 4. The molecular weight excluding hydrogens is 272 g/mol. The van der Waals surface area contributed by atoms with Gasteiger partial charge in [-0.1, -0.05) is 6.42 Å². The molecule has 0 aromatic rings. The van der Waals surface area contributed by atoms with Crippen LogP contribution in [0.1, 0.15) is 39.0 Å². The molecule has 5 unspecified atom stereocenters. The number of aliphatic carboxylic acids is 1. The zero-order chi connectivity index (χ0) is 15.0. The Bertz CT molecular complexity index is 433. The van der Waals surface area contributed by atoms with Crippen LogP contribution in [0.3, 0.4) is 0 Å². The molecule has 2 aliphatic carbocycles. The van der Waals surface area contributed by atoms with Crippen LogP contribution in [0.4, 0.5) is 4.79 Å². The number of urea groups is 1. The van der Waals surface area contributed by atoms with E-state index in [1.807, 2.05) is 6.92 Å². The minimum Gasteiger partial charge on any atom is -0.479 e. The quantitative estimate of drug-likeness (QED) is 0.731. The zero-order valence-corrected chi connectivity index (χ0v) is 12.4. The van der Waals surface area contributed by atoms with Gasteiger partial charge in [-0.3, -0.25) is 0 Å². The second-order valence-corrected chi connectivity index (χ2v) is 6.92. The number of carboxylic acids is 1. The Hall–Kier alpha value is -1.30. The summed E-state index contributed by atoms with van der Waals surface area (Å²) in [6.45, 7) is 2.44. The summed E-state index contributed by atoms with van der Waals surface area (Å²) < 4.78 is 5.14. The normalized spacial score (nSPS) is 39.2. The van der Waals surface area contributed by atoms with Gasteiger partial charge in [0, 0.05) is 19.1 Å². The van der Waals surface area contributed by atoms with Gasteiger partial charge in [-0.2, -0.15) is 0 Å². The van der Waals surface area contributed by atoms with Crippen LogP contribution in [0.15, 0.2) is 0 Å². The van der Waals surface area contributed by atoms with Gasteiger partial charge in [0.25, 0.3) is 0 Å². The van der Waals surface area contributed by atoms with Crippen molar-refractivity contribution in [2.75, 3.05) is 13.2 Å². The molecule has 0 aromatic heterocycles. The monoisotopic (exact) mass is 296 g/mol. The van der Waals surface area contributed by atoms with Crippen molar-refractivity contribution < 1.29 is 19.4 Å². The molecule has 1 saturated heterocycles. The summed E-state index contributed by atoms with van der Waals surface area (Å²) in [6.07, 6.45) is 5.41. The molecule has 6 heteroatoms. The molecule has 6 nitrogen and oxygen atoms in total. The second kappa shape index (κ2) is 5.48. The number of carbonyl (C=O) groups excluding carboxylic acids is 1. The molecule has 0 spiro atoms. The minimum atomic E-state index is -1.27. The van der Waals surface area contributed by atoms with Crippen molar-refractivity contribution in [3.63, 3.8) is 0 Å². The average Bonchev–Trinajstić information content (AvgIpc) is 3.14. The van der Waals surface area contributed by atoms with Gasteiger partial charge < -0.3 is 20.5 Å². The SMILES string of the molecule is CC(NC(=O)NC1(C(=O)O)CCOC1)C1CC2CCC1C2. The van der Waals surface area contributed by atoms with Crippen molar-refractivity contribution in [3.8, 4) is 0 Å². The third-order valence-electron chi connectivity index (χ3n) is 5.58. The van der Waals surface area contributed by atoms with E-state index in [0.29, 0.717) is 18.9 Å². The van der Waals surface area contributed by atoms with Crippen LogP contribution < -0.4 is 10.6 Å². The zero-order valence-electron chi connectivity index (χ0n) is 12.4. The van der Waals surface area contributed by atoms with Gasteiger partial charge in [0.15, 0.2) is 5.54 Å². The second-order valence-electron chi connectivity index (χ2n) is 6.92. The molecular formula is C15H24N2O4. The summed E-state index contributed by atoms with van der Waals surface area (Å²) >= 11 is 0. The molecule has 3 rings (SSSR count). The van der Waals surface area contributed by atoms with E-state index in [-0.39, 0.29) is 12.6 Å². The van der Waals surface area contributed by atoms with Crippen LogP contribution in [0.5, 0.6) is 0 Å². The summed E-state index contributed by atoms with van der Waals surface area (Å²) in [5.41, 5.74) is -1.27. The van der Waals surface area contributed by atoms with E-state index in [4.69, 9.17) is 4.74 Å². The molecule has 1 aliphatic heterocycles. The van der Waals surface area contributed by atoms with E-state index < -0.39 is 17.5 Å². The Morgan fingerprint density at radius 1 is 1.33 bits per heavy atom. The Morgan fingerprint density at radius 3 is 2.67 bits per heavy atom. The number of fused-ring (bicyclic) bond motifs is 2. The predicted octanol–water partition coefficient (Wildman–Crippen LogP) is 1.35. The predicted molar refractivity (Wildman–Crippen MR) is 75.9 cm³/mol. The molecule has 118 valence electrons. The molecule has 3 N–H and O–H groups in total. The highest BCUT2D eigenvalue weighted by Gasteiger charge is 2.45. The van der Waals surface area contributed by atoms with Crippen molar-refractivity contribution in [3.05, 3.63) is 0 Å². The molecule has 2 bridgehead atoms. The van der Waals surface area contributed by atoms with Crippen LogP contribution in [-0.4, -0.2) is 41.9 Å². The molecule has 1 heterocycles. The molecule has 2 amide bonds. The number of carbonyl (C=O) groups is 2.